The van der Waals surface area contributed by atoms with Gasteiger partial charge < -0.3 is 4.52 Å². The predicted octanol–water partition coefficient (Wildman–Crippen LogP) is 2.33. The summed E-state index contributed by atoms with van der Waals surface area (Å²) in [5.41, 5.74) is 0. The van der Waals surface area contributed by atoms with Crippen molar-refractivity contribution in [3.8, 4) is 0 Å². The Bertz CT molecular complexity index is 266. The molecule has 0 aromatic carbocycles. The van der Waals surface area contributed by atoms with Crippen molar-refractivity contribution in [2.24, 2.45) is 0 Å². The van der Waals surface area contributed by atoms with E-state index in [2.05, 4.69) is 16.6 Å². The van der Waals surface area contributed by atoms with Gasteiger partial charge in [-0.1, -0.05) is 11.2 Å². The van der Waals surface area contributed by atoms with E-state index >= 15 is 0 Å². The Morgan fingerprint density at radius 1 is 1.45 bits per heavy atom. The van der Waals surface area contributed by atoms with Crippen LogP contribution in [0.25, 0.3) is 0 Å². The van der Waals surface area contributed by atoms with Crippen LogP contribution in [0.2, 0.25) is 0 Å². The molecule has 2 heterocycles. The van der Waals surface area contributed by atoms with Crippen LogP contribution in [0.4, 0.5) is 0 Å². The van der Waals surface area contributed by atoms with E-state index in [1.165, 1.54) is 4.88 Å². The summed E-state index contributed by atoms with van der Waals surface area (Å²) in [7, 11) is 0. The van der Waals surface area contributed by atoms with Gasteiger partial charge in [0.1, 0.15) is 5.76 Å². The smallest absolute Gasteiger partial charge is 0.141 e. The van der Waals surface area contributed by atoms with Crippen LogP contribution in [0.5, 0.6) is 0 Å². The lowest BCUT2D eigenvalue weighted by Gasteiger charge is -1.87. The lowest BCUT2D eigenvalue weighted by atomic mass is 10.3. The molecule has 0 atom stereocenters. The molecule has 0 radical (unpaired) electrons. The largest absolute Gasteiger partial charge is 0.361 e. The number of rotatable bonds is 2. The van der Waals surface area contributed by atoms with E-state index < -0.39 is 0 Å². The third-order valence-corrected chi connectivity index (χ3v) is 2.30. The second-order valence-corrected chi connectivity index (χ2v) is 3.27. The Hall–Kier alpha value is -1.09. The van der Waals surface area contributed by atoms with Crippen molar-refractivity contribution in [3.63, 3.8) is 0 Å². The number of nitrogens with zero attached hydrogens (tertiary/aromatic N) is 1. The second kappa shape index (κ2) is 2.88. The first-order chi connectivity index (χ1) is 5.45. The van der Waals surface area contributed by atoms with E-state index in [1.54, 1.807) is 17.5 Å². The highest BCUT2D eigenvalue weighted by atomic mass is 32.1. The van der Waals surface area contributed by atoms with Gasteiger partial charge in [-0.25, -0.2) is 0 Å². The third kappa shape index (κ3) is 1.49. The van der Waals surface area contributed by atoms with Gasteiger partial charge in [0, 0.05) is 17.4 Å². The van der Waals surface area contributed by atoms with Gasteiger partial charge in [0.15, 0.2) is 0 Å². The molecule has 0 N–H and O–H groups in total. The first-order valence-corrected chi connectivity index (χ1v) is 4.25. The van der Waals surface area contributed by atoms with Crippen molar-refractivity contribution in [2.75, 3.05) is 0 Å². The molecule has 11 heavy (non-hydrogen) atoms. The molecule has 0 bridgehead atoms. The second-order valence-electron chi connectivity index (χ2n) is 2.23. The fourth-order valence-corrected chi connectivity index (χ4v) is 1.63. The molecule has 0 fully saturated rings. The Morgan fingerprint density at radius 3 is 3.09 bits per heavy atom. The number of aromatic nitrogens is 1. The topological polar surface area (TPSA) is 26.0 Å². The summed E-state index contributed by atoms with van der Waals surface area (Å²) < 4.78 is 4.96. The van der Waals surface area contributed by atoms with Crippen LogP contribution >= 0.6 is 11.3 Å². The van der Waals surface area contributed by atoms with Gasteiger partial charge in [0.2, 0.25) is 0 Å². The fraction of sp³-hybridized carbons (Fsp3) is 0.125. The SMILES string of the molecule is c1csc(Cc2ccno2)c1. The monoisotopic (exact) mass is 165 g/mol. The highest BCUT2D eigenvalue weighted by Gasteiger charge is 1.98. The molecule has 0 aliphatic carbocycles. The molecule has 2 rings (SSSR count). The summed E-state index contributed by atoms with van der Waals surface area (Å²) in [5, 5.41) is 5.69. The molecule has 3 heteroatoms. The maximum absolute atomic E-state index is 4.96. The van der Waals surface area contributed by atoms with Crippen molar-refractivity contribution < 1.29 is 4.52 Å². The maximum Gasteiger partial charge on any atom is 0.141 e. The van der Waals surface area contributed by atoms with Crippen LogP contribution in [0.15, 0.2) is 34.3 Å². The average Bonchev–Trinajstić information content (AvgIpc) is 2.60. The minimum atomic E-state index is 0.859. The Balaban J connectivity index is 2.14. The molecular weight excluding hydrogens is 158 g/mol. The zero-order valence-electron chi connectivity index (χ0n) is 5.86. The van der Waals surface area contributed by atoms with Gasteiger partial charge >= 0.3 is 0 Å². The minimum absolute atomic E-state index is 0.859. The molecule has 0 saturated heterocycles. The van der Waals surface area contributed by atoms with E-state index in [0.717, 1.165) is 12.2 Å². The Labute approximate surface area is 68.5 Å². The maximum atomic E-state index is 4.96. The van der Waals surface area contributed by atoms with E-state index in [0.29, 0.717) is 0 Å². The molecular formula is C8H7NOS. The molecule has 0 amide bonds. The van der Waals surface area contributed by atoms with Crippen LogP contribution in [-0.2, 0) is 6.42 Å². The van der Waals surface area contributed by atoms with E-state index in [4.69, 9.17) is 4.52 Å². The van der Waals surface area contributed by atoms with Gasteiger partial charge in [0.05, 0.1) is 6.20 Å². The van der Waals surface area contributed by atoms with Gasteiger partial charge in [-0.2, -0.15) is 0 Å². The number of hydrogen-bond donors (Lipinski definition) is 0. The summed E-state index contributed by atoms with van der Waals surface area (Å²) in [6, 6.07) is 6.02. The summed E-state index contributed by atoms with van der Waals surface area (Å²) in [5.74, 6) is 0.924. The van der Waals surface area contributed by atoms with Crippen LogP contribution in [0.3, 0.4) is 0 Å². The molecule has 2 aromatic heterocycles. The fourth-order valence-electron chi connectivity index (χ4n) is 0.918. The van der Waals surface area contributed by atoms with Crippen molar-refractivity contribution in [1.29, 1.82) is 0 Å². The highest BCUT2D eigenvalue weighted by molar-refractivity contribution is 7.09. The molecule has 56 valence electrons. The molecule has 0 saturated carbocycles. The van der Waals surface area contributed by atoms with E-state index in [1.807, 2.05) is 12.1 Å². The van der Waals surface area contributed by atoms with Gasteiger partial charge in [0.25, 0.3) is 0 Å². The number of thiophene rings is 1. The first kappa shape index (κ1) is 6.61. The van der Waals surface area contributed by atoms with Crippen molar-refractivity contribution in [1.82, 2.24) is 5.16 Å². The summed E-state index contributed by atoms with van der Waals surface area (Å²) in [6.07, 6.45) is 2.53. The quantitative estimate of drug-likeness (QED) is 0.682. The van der Waals surface area contributed by atoms with E-state index in [-0.39, 0.29) is 0 Å². The molecule has 2 nitrogen and oxygen atoms in total. The highest BCUT2D eigenvalue weighted by Crippen LogP contribution is 2.13. The van der Waals surface area contributed by atoms with E-state index in [9.17, 15) is 0 Å². The predicted molar refractivity (Wildman–Crippen MR) is 43.6 cm³/mol. The lowest BCUT2D eigenvalue weighted by molar-refractivity contribution is 0.390. The molecule has 0 aliphatic rings. The van der Waals surface area contributed by atoms with Crippen molar-refractivity contribution >= 4 is 11.3 Å². The average molecular weight is 165 g/mol. The molecule has 0 spiro atoms. The Kier molecular flexibility index (Phi) is 1.73. The molecule has 0 unspecified atom stereocenters. The molecule has 0 aliphatic heterocycles. The van der Waals surface area contributed by atoms with Crippen LogP contribution < -0.4 is 0 Å². The zero-order valence-corrected chi connectivity index (χ0v) is 6.67. The lowest BCUT2D eigenvalue weighted by Crippen LogP contribution is -1.78. The third-order valence-electron chi connectivity index (χ3n) is 1.42. The van der Waals surface area contributed by atoms with Crippen LogP contribution in [0.1, 0.15) is 10.6 Å². The minimum Gasteiger partial charge on any atom is -0.361 e. The number of hydrogen-bond acceptors (Lipinski definition) is 3. The molecule has 2 aromatic rings. The summed E-state index contributed by atoms with van der Waals surface area (Å²) in [4.78, 5) is 1.31. The zero-order chi connectivity index (χ0) is 7.52. The normalized spacial score (nSPS) is 10.2. The van der Waals surface area contributed by atoms with Crippen molar-refractivity contribution in [3.05, 3.63) is 40.4 Å². The standard InChI is InChI=1S/C8H7NOS/c1-2-8(11-5-1)6-7-3-4-9-10-7/h1-5H,6H2. The summed E-state index contributed by atoms with van der Waals surface area (Å²) in [6.45, 7) is 0. The van der Waals surface area contributed by atoms with Crippen molar-refractivity contribution in [2.45, 2.75) is 6.42 Å². The van der Waals surface area contributed by atoms with Crippen LogP contribution in [0, 0.1) is 0 Å². The van der Waals surface area contributed by atoms with Gasteiger partial charge in [-0.05, 0) is 11.4 Å². The Morgan fingerprint density at radius 2 is 2.45 bits per heavy atom. The van der Waals surface area contributed by atoms with Crippen LogP contribution in [-0.4, -0.2) is 5.16 Å². The van der Waals surface area contributed by atoms with Gasteiger partial charge in [-0.15, -0.1) is 11.3 Å². The van der Waals surface area contributed by atoms with Gasteiger partial charge in [-0.3, -0.25) is 0 Å². The summed E-state index contributed by atoms with van der Waals surface area (Å²) >= 11 is 1.73. The first-order valence-electron chi connectivity index (χ1n) is 3.37.